The molecule has 3 aromatic carbocycles. The lowest BCUT2D eigenvalue weighted by atomic mass is 9.90. The number of hydrogen-bond acceptors (Lipinski definition) is 5. The molecule has 0 saturated heterocycles. The van der Waals surface area contributed by atoms with Gasteiger partial charge < -0.3 is 24.4 Å². The number of carboxylic acids is 1. The number of carboxylic acid groups (broad SMARTS) is 1. The van der Waals surface area contributed by atoms with Gasteiger partial charge in [0, 0.05) is 29.5 Å². The van der Waals surface area contributed by atoms with Crippen molar-refractivity contribution in [2.75, 3.05) is 13.2 Å². The van der Waals surface area contributed by atoms with Gasteiger partial charge in [-0.1, -0.05) is 12.1 Å². The number of aliphatic hydroxyl groups is 1. The second-order valence-electron chi connectivity index (χ2n) is 11.3. The van der Waals surface area contributed by atoms with Crippen molar-refractivity contribution >= 4 is 5.97 Å². The predicted octanol–water partition coefficient (Wildman–Crippen LogP) is 6.67. The Morgan fingerprint density at radius 1 is 1.10 bits per heavy atom. The molecule has 0 fully saturated rings. The highest BCUT2D eigenvalue weighted by Crippen LogP contribution is 2.45. The van der Waals surface area contributed by atoms with E-state index in [1.54, 1.807) is 19.9 Å². The number of ether oxygens (including phenoxy) is 3. The van der Waals surface area contributed by atoms with Gasteiger partial charge in [0.25, 0.3) is 0 Å². The van der Waals surface area contributed by atoms with Crippen LogP contribution in [0.25, 0.3) is 11.1 Å². The lowest BCUT2D eigenvalue weighted by molar-refractivity contribution is -0.137. The standard InChI is InChI=1S/C32H35FO6/c1-18-13-22(37-12-11-32(3,4)36)14-19(2)30(18)24-7-9-26(33)31-25(24)8-10-27(31)39-21-5-6-23-20(15-29(34)35)17-38-28(23)16-21/h5-7,9,13-14,16,20,27,36H,8,10-12,15,17H2,1-4H3,(H,34,35)/t20-,27+/m1/s1. The van der Waals surface area contributed by atoms with Crippen LogP contribution < -0.4 is 14.2 Å². The number of halogens is 1. The fourth-order valence-electron chi connectivity index (χ4n) is 5.75. The summed E-state index contributed by atoms with van der Waals surface area (Å²) in [5.74, 6) is 0.640. The van der Waals surface area contributed by atoms with E-state index in [1.807, 2.05) is 44.2 Å². The Morgan fingerprint density at radius 3 is 2.54 bits per heavy atom. The molecule has 206 valence electrons. The molecule has 0 spiro atoms. The summed E-state index contributed by atoms with van der Waals surface area (Å²) in [6, 6.07) is 12.8. The van der Waals surface area contributed by atoms with E-state index in [2.05, 4.69) is 0 Å². The van der Waals surface area contributed by atoms with Gasteiger partial charge in [0.1, 0.15) is 29.2 Å². The first kappa shape index (κ1) is 27.0. The smallest absolute Gasteiger partial charge is 0.304 e. The molecule has 2 N–H and O–H groups in total. The third kappa shape index (κ3) is 5.74. The van der Waals surface area contributed by atoms with Crippen molar-refractivity contribution in [3.63, 3.8) is 0 Å². The Balaban J connectivity index is 1.38. The number of fused-ring (bicyclic) bond motifs is 2. The van der Waals surface area contributed by atoms with Gasteiger partial charge in [0.15, 0.2) is 0 Å². The minimum atomic E-state index is -0.857. The molecule has 1 heterocycles. The van der Waals surface area contributed by atoms with Crippen LogP contribution in [0.5, 0.6) is 17.2 Å². The lowest BCUT2D eigenvalue weighted by Crippen LogP contribution is -2.21. The number of carbonyl (C=O) groups is 1. The minimum Gasteiger partial charge on any atom is -0.493 e. The molecule has 7 heteroatoms. The number of benzene rings is 3. The summed E-state index contributed by atoms with van der Waals surface area (Å²) in [7, 11) is 0. The number of aliphatic carboxylic acids is 1. The molecule has 1 aliphatic heterocycles. The zero-order valence-corrected chi connectivity index (χ0v) is 22.8. The van der Waals surface area contributed by atoms with E-state index in [9.17, 15) is 9.90 Å². The van der Waals surface area contributed by atoms with Crippen molar-refractivity contribution in [1.82, 2.24) is 0 Å². The lowest BCUT2D eigenvalue weighted by Gasteiger charge is -2.20. The Kier molecular flexibility index (Phi) is 7.29. The van der Waals surface area contributed by atoms with Gasteiger partial charge in [-0.2, -0.15) is 0 Å². The zero-order chi connectivity index (χ0) is 27.9. The summed E-state index contributed by atoms with van der Waals surface area (Å²) in [4.78, 5) is 11.1. The second kappa shape index (κ2) is 10.5. The Bertz CT molecular complexity index is 1380. The van der Waals surface area contributed by atoms with Gasteiger partial charge in [-0.15, -0.1) is 0 Å². The molecular formula is C32H35FO6. The molecule has 2 atom stereocenters. The van der Waals surface area contributed by atoms with Crippen LogP contribution in [0.4, 0.5) is 4.39 Å². The van der Waals surface area contributed by atoms with Gasteiger partial charge >= 0.3 is 5.97 Å². The third-order valence-corrected chi connectivity index (χ3v) is 7.60. The summed E-state index contributed by atoms with van der Waals surface area (Å²) < 4.78 is 33.2. The molecule has 0 unspecified atom stereocenters. The Morgan fingerprint density at radius 2 is 1.85 bits per heavy atom. The molecule has 2 aliphatic rings. The van der Waals surface area contributed by atoms with Crippen molar-refractivity contribution in [2.45, 2.75) is 71.0 Å². The van der Waals surface area contributed by atoms with Gasteiger partial charge in [0.2, 0.25) is 0 Å². The average molecular weight is 535 g/mol. The number of hydrogen-bond donors (Lipinski definition) is 2. The van der Waals surface area contributed by atoms with E-state index in [0.717, 1.165) is 39.1 Å². The first-order chi connectivity index (χ1) is 18.5. The molecule has 1 aliphatic carbocycles. The average Bonchev–Trinajstić information content (AvgIpc) is 3.44. The van der Waals surface area contributed by atoms with Crippen LogP contribution in [0.1, 0.15) is 72.9 Å². The summed E-state index contributed by atoms with van der Waals surface area (Å²) in [6.07, 6.45) is 1.46. The molecule has 0 amide bonds. The monoisotopic (exact) mass is 534 g/mol. The molecular weight excluding hydrogens is 499 g/mol. The molecule has 0 radical (unpaired) electrons. The quantitative estimate of drug-likeness (QED) is 0.319. The maximum Gasteiger partial charge on any atom is 0.304 e. The highest BCUT2D eigenvalue weighted by Gasteiger charge is 2.32. The summed E-state index contributed by atoms with van der Waals surface area (Å²) in [5, 5.41) is 19.1. The van der Waals surface area contributed by atoms with E-state index in [0.29, 0.717) is 49.5 Å². The van der Waals surface area contributed by atoms with Gasteiger partial charge in [-0.05, 0) is 92.6 Å². The topological polar surface area (TPSA) is 85.2 Å². The second-order valence-corrected chi connectivity index (χ2v) is 11.3. The molecule has 0 saturated carbocycles. The highest BCUT2D eigenvalue weighted by atomic mass is 19.1. The maximum absolute atomic E-state index is 15.2. The van der Waals surface area contributed by atoms with E-state index < -0.39 is 17.7 Å². The SMILES string of the molecule is Cc1cc(OCCC(C)(C)O)cc(C)c1-c1ccc(F)c2c1CC[C@@H]2Oc1ccc2c(c1)OC[C@H]2CC(=O)O. The van der Waals surface area contributed by atoms with Crippen LogP contribution in [0.2, 0.25) is 0 Å². The van der Waals surface area contributed by atoms with Crippen molar-refractivity contribution in [3.05, 3.63) is 76.1 Å². The van der Waals surface area contributed by atoms with Crippen LogP contribution in [0, 0.1) is 19.7 Å². The van der Waals surface area contributed by atoms with Crippen LogP contribution in [-0.4, -0.2) is 35.0 Å². The number of rotatable bonds is 9. The minimum absolute atomic E-state index is 0.0178. The van der Waals surface area contributed by atoms with Gasteiger partial charge in [-0.25, -0.2) is 4.39 Å². The van der Waals surface area contributed by atoms with Crippen LogP contribution in [-0.2, 0) is 11.2 Å². The third-order valence-electron chi connectivity index (χ3n) is 7.60. The van der Waals surface area contributed by atoms with E-state index in [4.69, 9.17) is 19.3 Å². The van der Waals surface area contributed by atoms with Crippen molar-refractivity contribution in [2.24, 2.45) is 0 Å². The number of aryl methyl sites for hydroxylation is 2. The highest BCUT2D eigenvalue weighted by molar-refractivity contribution is 5.76. The first-order valence-electron chi connectivity index (χ1n) is 13.4. The van der Waals surface area contributed by atoms with E-state index in [1.165, 1.54) is 6.07 Å². The van der Waals surface area contributed by atoms with Crippen molar-refractivity contribution < 1.29 is 33.6 Å². The molecule has 6 nitrogen and oxygen atoms in total. The fraction of sp³-hybridized carbons (Fsp3) is 0.406. The summed E-state index contributed by atoms with van der Waals surface area (Å²) >= 11 is 0. The van der Waals surface area contributed by atoms with Crippen LogP contribution >= 0.6 is 0 Å². The molecule has 39 heavy (non-hydrogen) atoms. The van der Waals surface area contributed by atoms with Crippen LogP contribution in [0.15, 0.2) is 42.5 Å². The molecule has 0 aromatic heterocycles. The van der Waals surface area contributed by atoms with E-state index >= 15 is 4.39 Å². The van der Waals surface area contributed by atoms with Gasteiger partial charge in [0.05, 0.1) is 25.2 Å². The van der Waals surface area contributed by atoms with Crippen molar-refractivity contribution in [3.8, 4) is 28.4 Å². The summed E-state index contributed by atoms with van der Waals surface area (Å²) in [6.45, 7) is 8.34. The van der Waals surface area contributed by atoms with Crippen LogP contribution in [0.3, 0.4) is 0 Å². The Hall–Kier alpha value is -3.58. The van der Waals surface area contributed by atoms with Crippen molar-refractivity contribution in [1.29, 1.82) is 0 Å². The summed E-state index contributed by atoms with van der Waals surface area (Å²) in [5.41, 5.74) is 5.77. The predicted molar refractivity (Wildman–Crippen MR) is 146 cm³/mol. The first-order valence-corrected chi connectivity index (χ1v) is 13.4. The maximum atomic E-state index is 15.2. The fourth-order valence-corrected chi connectivity index (χ4v) is 5.75. The van der Waals surface area contributed by atoms with E-state index in [-0.39, 0.29) is 18.2 Å². The zero-order valence-electron chi connectivity index (χ0n) is 22.8. The molecule has 5 rings (SSSR count). The molecule has 0 bridgehead atoms. The molecule has 3 aromatic rings. The largest absolute Gasteiger partial charge is 0.493 e. The van der Waals surface area contributed by atoms with Gasteiger partial charge in [-0.3, -0.25) is 4.79 Å². The normalized spacial score (nSPS) is 17.9. The Labute approximate surface area is 228 Å².